The van der Waals surface area contributed by atoms with Crippen molar-refractivity contribution in [3.05, 3.63) is 35.9 Å². The van der Waals surface area contributed by atoms with Crippen LogP contribution in [-0.4, -0.2) is 22.2 Å². The van der Waals surface area contributed by atoms with Crippen LogP contribution >= 0.6 is 0 Å². The number of hydrogen-bond acceptors (Lipinski definition) is 2. The Kier molecular flexibility index (Phi) is 4.26. The van der Waals surface area contributed by atoms with Gasteiger partial charge in [-0.3, -0.25) is 9.59 Å². The van der Waals surface area contributed by atoms with Crippen LogP contribution in [0.15, 0.2) is 30.3 Å². The van der Waals surface area contributed by atoms with Gasteiger partial charge in [-0.2, -0.15) is 0 Å². The molecule has 0 aliphatic rings. The molecule has 0 unspecified atom stereocenters. The van der Waals surface area contributed by atoms with E-state index in [1.165, 1.54) is 0 Å². The zero-order valence-corrected chi connectivity index (χ0v) is 9.72. The number of hydrogen-bond donors (Lipinski definition) is 2. The predicted octanol–water partition coefficient (Wildman–Crippen LogP) is 2.18. The number of benzene rings is 1. The summed E-state index contributed by atoms with van der Waals surface area (Å²) in [7, 11) is 0. The average Bonchev–Trinajstić information content (AvgIpc) is 2.15. The summed E-state index contributed by atoms with van der Waals surface area (Å²) in [5, 5.41) is 17.7. The molecule has 0 bridgehead atoms. The number of carbonyl (C=O) groups is 2. The summed E-state index contributed by atoms with van der Waals surface area (Å²) in [6.45, 7) is 1.70. The fraction of sp³-hybridized carbons (Fsp3) is 0.385. The quantitative estimate of drug-likeness (QED) is 0.793. The lowest BCUT2D eigenvalue weighted by Crippen LogP contribution is -2.26. The number of aliphatic carboxylic acids is 2. The van der Waals surface area contributed by atoms with Crippen molar-refractivity contribution < 1.29 is 19.8 Å². The molecule has 0 heterocycles. The summed E-state index contributed by atoms with van der Waals surface area (Å²) in [6.07, 6.45) is 0.162. The first-order chi connectivity index (χ1) is 7.91. The van der Waals surface area contributed by atoms with Crippen molar-refractivity contribution in [3.8, 4) is 0 Å². The van der Waals surface area contributed by atoms with Gasteiger partial charge in [-0.15, -0.1) is 0 Å². The SMILES string of the molecule is CC(CC(=O)O)(CC(=O)O)Cc1ccccc1. The molecule has 1 aromatic rings. The van der Waals surface area contributed by atoms with Crippen molar-refractivity contribution in [1.82, 2.24) is 0 Å². The van der Waals surface area contributed by atoms with E-state index in [0.717, 1.165) is 5.56 Å². The lowest BCUT2D eigenvalue weighted by atomic mass is 9.78. The normalized spacial score (nSPS) is 11.1. The standard InChI is InChI=1S/C13H16O4/c1-13(8-11(14)15,9-12(16)17)7-10-5-3-2-4-6-10/h2-6H,7-9H2,1H3,(H,14,15)(H,16,17). The molecule has 0 aromatic heterocycles. The van der Waals surface area contributed by atoms with E-state index in [9.17, 15) is 9.59 Å². The molecule has 92 valence electrons. The van der Waals surface area contributed by atoms with E-state index in [0.29, 0.717) is 6.42 Å². The maximum absolute atomic E-state index is 10.8. The van der Waals surface area contributed by atoms with E-state index in [2.05, 4.69) is 0 Å². The molecular weight excluding hydrogens is 220 g/mol. The predicted molar refractivity (Wildman–Crippen MR) is 62.8 cm³/mol. The van der Waals surface area contributed by atoms with Gasteiger partial charge in [-0.25, -0.2) is 0 Å². The van der Waals surface area contributed by atoms with Gasteiger partial charge < -0.3 is 10.2 Å². The molecule has 0 atom stereocenters. The average molecular weight is 236 g/mol. The molecule has 0 saturated carbocycles. The summed E-state index contributed by atoms with van der Waals surface area (Å²) in [5.41, 5.74) is 0.205. The minimum atomic E-state index is -0.968. The highest BCUT2D eigenvalue weighted by Crippen LogP contribution is 2.30. The third kappa shape index (κ3) is 4.68. The largest absolute Gasteiger partial charge is 0.481 e. The first-order valence-corrected chi connectivity index (χ1v) is 5.39. The van der Waals surface area contributed by atoms with Gasteiger partial charge in [0.25, 0.3) is 0 Å². The fourth-order valence-electron chi connectivity index (χ4n) is 2.01. The van der Waals surface area contributed by atoms with Crippen molar-refractivity contribution in [2.75, 3.05) is 0 Å². The lowest BCUT2D eigenvalue weighted by Gasteiger charge is -2.26. The maximum Gasteiger partial charge on any atom is 0.303 e. The smallest absolute Gasteiger partial charge is 0.303 e. The van der Waals surface area contributed by atoms with E-state index < -0.39 is 17.4 Å². The summed E-state index contributed by atoms with van der Waals surface area (Å²) in [4.78, 5) is 21.6. The first-order valence-electron chi connectivity index (χ1n) is 5.39. The summed E-state index contributed by atoms with van der Waals surface area (Å²) >= 11 is 0. The van der Waals surface area contributed by atoms with Crippen LogP contribution in [0.3, 0.4) is 0 Å². The molecular formula is C13H16O4. The highest BCUT2D eigenvalue weighted by molar-refractivity contribution is 5.72. The van der Waals surface area contributed by atoms with Crippen LogP contribution in [0, 0.1) is 5.41 Å². The van der Waals surface area contributed by atoms with Gasteiger partial charge in [0.1, 0.15) is 0 Å². The Morgan fingerprint density at radius 3 is 1.94 bits per heavy atom. The number of rotatable bonds is 6. The highest BCUT2D eigenvalue weighted by Gasteiger charge is 2.30. The maximum atomic E-state index is 10.8. The third-order valence-corrected chi connectivity index (χ3v) is 2.63. The molecule has 4 nitrogen and oxygen atoms in total. The van der Waals surface area contributed by atoms with Crippen molar-refractivity contribution in [2.45, 2.75) is 26.2 Å². The Hall–Kier alpha value is -1.84. The van der Waals surface area contributed by atoms with Crippen molar-refractivity contribution in [1.29, 1.82) is 0 Å². The summed E-state index contributed by atoms with van der Waals surface area (Å²) < 4.78 is 0. The Bertz CT molecular complexity index is 381. The molecule has 2 N–H and O–H groups in total. The van der Waals surface area contributed by atoms with Crippen LogP contribution in [0.4, 0.5) is 0 Å². The minimum absolute atomic E-state index is 0.145. The highest BCUT2D eigenvalue weighted by atomic mass is 16.4. The Morgan fingerprint density at radius 1 is 1.06 bits per heavy atom. The zero-order valence-electron chi connectivity index (χ0n) is 9.72. The fourth-order valence-corrected chi connectivity index (χ4v) is 2.01. The van der Waals surface area contributed by atoms with E-state index in [1.54, 1.807) is 6.92 Å². The second kappa shape index (κ2) is 5.48. The van der Waals surface area contributed by atoms with Crippen LogP contribution in [0.5, 0.6) is 0 Å². The molecule has 1 aromatic carbocycles. The third-order valence-electron chi connectivity index (χ3n) is 2.63. The van der Waals surface area contributed by atoms with Gasteiger partial charge >= 0.3 is 11.9 Å². The molecule has 0 amide bonds. The van der Waals surface area contributed by atoms with Crippen molar-refractivity contribution >= 4 is 11.9 Å². The van der Waals surface area contributed by atoms with Gasteiger partial charge in [-0.05, 0) is 17.4 Å². The Morgan fingerprint density at radius 2 is 1.53 bits per heavy atom. The van der Waals surface area contributed by atoms with Crippen LogP contribution < -0.4 is 0 Å². The summed E-state index contributed by atoms with van der Waals surface area (Å²) in [6, 6.07) is 9.34. The van der Waals surface area contributed by atoms with Gasteiger partial charge in [0.2, 0.25) is 0 Å². The molecule has 0 aliphatic heterocycles. The molecule has 1 rings (SSSR count). The minimum Gasteiger partial charge on any atom is -0.481 e. The van der Waals surface area contributed by atoms with Gasteiger partial charge in [0.05, 0.1) is 12.8 Å². The topological polar surface area (TPSA) is 74.6 Å². The number of carboxylic acid groups (broad SMARTS) is 2. The van der Waals surface area contributed by atoms with E-state index >= 15 is 0 Å². The van der Waals surface area contributed by atoms with Crippen molar-refractivity contribution in [2.24, 2.45) is 5.41 Å². The van der Waals surface area contributed by atoms with Crippen LogP contribution in [-0.2, 0) is 16.0 Å². The number of carboxylic acids is 2. The Balaban J connectivity index is 2.83. The van der Waals surface area contributed by atoms with Gasteiger partial charge in [0, 0.05) is 0 Å². The monoisotopic (exact) mass is 236 g/mol. The van der Waals surface area contributed by atoms with E-state index in [1.807, 2.05) is 30.3 Å². The Labute approximate surface area is 99.9 Å². The second-order valence-corrected chi connectivity index (χ2v) is 4.61. The first kappa shape index (κ1) is 13.2. The van der Waals surface area contributed by atoms with Crippen LogP contribution in [0.2, 0.25) is 0 Å². The molecule has 17 heavy (non-hydrogen) atoms. The molecule has 0 saturated heterocycles. The molecule has 0 radical (unpaired) electrons. The summed E-state index contributed by atoms with van der Waals surface area (Å²) in [5.74, 6) is -1.94. The van der Waals surface area contributed by atoms with Crippen LogP contribution in [0.1, 0.15) is 25.3 Å². The van der Waals surface area contributed by atoms with Gasteiger partial charge in [0.15, 0.2) is 0 Å². The molecule has 0 aliphatic carbocycles. The second-order valence-electron chi connectivity index (χ2n) is 4.61. The zero-order chi connectivity index (χ0) is 12.9. The molecule has 4 heteroatoms. The van der Waals surface area contributed by atoms with E-state index in [-0.39, 0.29) is 12.8 Å². The lowest BCUT2D eigenvalue weighted by molar-refractivity contribution is -0.143. The van der Waals surface area contributed by atoms with Gasteiger partial charge in [-0.1, -0.05) is 37.3 Å². The van der Waals surface area contributed by atoms with Crippen molar-refractivity contribution in [3.63, 3.8) is 0 Å². The molecule has 0 spiro atoms. The van der Waals surface area contributed by atoms with E-state index in [4.69, 9.17) is 10.2 Å². The molecule has 0 fully saturated rings. The van der Waals surface area contributed by atoms with Crippen LogP contribution in [0.25, 0.3) is 0 Å².